The van der Waals surface area contributed by atoms with E-state index in [0.29, 0.717) is 25.7 Å². The molecule has 7 nitrogen and oxygen atoms in total. The van der Waals surface area contributed by atoms with Crippen LogP contribution in [0.4, 0.5) is 5.69 Å². The minimum Gasteiger partial charge on any atom is -0.492 e. The number of anilines is 1. The summed E-state index contributed by atoms with van der Waals surface area (Å²) in [7, 11) is 3.49. The zero-order valence-electron chi connectivity index (χ0n) is 26.9. The van der Waals surface area contributed by atoms with Gasteiger partial charge in [0.2, 0.25) is 5.91 Å². The van der Waals surface area contributed by atoms with Crippen molar-refractivity contribution in [2.75, 3.05) is 38.7 Å². The number of benzene rings is 3. The molecule has 6 rings (SSSR count). The predicted octanol–water partition coefficient (Wildman–Crippen LogP) is 6.60. The van der Waals surface area contributed by atoms with Crippen molar-refractivity contribution in [3.8, 4) is 16.9 Å². The van der Waals surface area contributed by atoms with Gasteiger partial charge < -0.3 is 19.9 Å². The molecule has 1 unspecified atom stereocenters. The Hall–Kier alpha value is -4.36. The van der Waals surface area contributed by atoms with Gasteiger partial charge in [0, 0.05) is 63.3 Å². The number of hydrogen-bond acceptors (Lipinski definition) is 5. The highest BCUT2D eigenvalue weighted by atomic mass is 16.5. The van der Waals surface area contributed by atoms with E-state index in [4.69, 9.17) is 4.74 Å². The Morgan fingerprint density at radius 1 is 1.02 bits per heavy atom. The smallest absolute Gasteiger partial charge is 0.245 e. The number of amides is 1. The molecule has 1 N–H and O–H groups in total. The average Bonchev–Trinajstić information content (AvgIpc) is 3.79. The summed E-state index contributed by atoms with van der Waals surface area (Å²) in [5, 5.41) is 7.81. The lowest BCUT2D eigenvalue weighted by Gasteiger charge is -2.44. The largest absolute Gasteiger partial charge is 0.492 e. The molecule has 1 saturated carbocycles. The molecule has 45 heavy (non-hydrogen) atoms. The Kier molecular flexibility index (Phi) is 9.36. The number of carbonyl (C=O) groups is 1. The van der Waals surface area contributed by atoms with Crippen molar-refractivity contribution in [1.29, 1.82) is 0 Å². The van der Waals surface area contributed by atoms with Crippen molar-refractivity contribution >= 4 is 11.6 Å². The lowest BCUT2D eigenvalue weighted by Crippen LogP contribution is -2.42. The number of aromatic nitrogens is 2. The molecule has 4 aromatic rings. The van der Waals surface area contributed by atoms with Crippen molar-refractivity contribution in [3.63, 3.8) is 0 Å². The van der Waals surface area contributed by atoms with Crippen molar-refractivity contribution in [1.82, 2.24) is 20.0 Å². The van der Waals surface area contributed by atoms with Crippen LogP contribution in [0.25, 0.3) is 11.1 Å². The molecule has 1 aromatic heterocycles. The maximum atomic E-state index is 11.7. The fourth-order valence-corrected chi connectivity index (χ4v) is 6.30. The topological polar surface area (TPSA) is 62.6 Å². The molecule has 0 spiro atoms. The molecule has 1 aliphatic carbocycles. The summed E-state index contributed by atoms with van der Waals surface area (Å²) in [6.07, 6.45) is 11.1. The second-order valence-electron chi connectivity index (χ2n) is 12.5. The molecule has 0 saturated heterocycles. The van der Waals surface area contributed by atoms with Crippen molar-refractivity contribution < 1.29 is 9.53 Å². The van der Waals surface area contributed by atoms with Gasteiger partial charge in [0.15, 0.2) is 0 Å². The van der Waals surface area contributed by atoms with E-state index in [2.05, 4.69) is 102 Å². The summed E-state index contributed by atoms with van der Waals surface area (Å²) in [6, 6.07) is 25.3. The fraction of sp³-hybridized carbons (Fsp3) is 0.368. The van der Waals surface area contributed by atoms with Crippen LogP contribution >= 0.6 is 0 Å². The van der Waals surface area contributed by atoms with Crippen LogP contribution in [0.2, 0.25) is 0 Å². The number of ether oxygens (including phenoxy) is 1. The summed E-state index contributed by atoms with van der Waals surface area (Å²) in [6.45, 7) is 7.20. The highest BCUT2D eigenvalue weighted by molar-refractivity contribution is 5.87. The molecule has 3 aromatic carbocycles. The van der Waals surface area contributed by atoms with Crippen LogP contribution in [0.1, 0.15) is 60.9 Å². The van der Waals surface area contributed by atoms with Crippen LogP contribution in [0.15, 0.2) is 91.3 Å². The van der Waals surface area contributed by atoms with Gasteiger partial charge in [-0.25, -0.2) is 0 Å². The highest BCUT2D eigenvalue weighted by Crippen LogP contribution is 2.44. The third kappa shape index (κ3) is 7.15. The second kappa shape index (κ2) is 13.7. The Morgan fingerprint density at radius 3 is 2.47 bits per heavy atom. The molecule has 0 radical (unpaired) electrons. The van der Waals surface area contributed by atoms with Crippen molar-refractivity contribution in [3.05, 3.63) is 114 Å². The number of nitrogens with one attached hydrogen (secondary N) is 1. The number of hydrogen-bond donors (Lipinski definition) is 1. The van der Waals surface area contributed by atoms with E-state index >= 15 is 0 Å². The lowest BCUT2D eigenvalue weighted by molar-refractivity contribution is -0.123. The SMILES string of the molecule is CCn1cc(-c2ccc3c(c2)C[C@@H](C)N(c2ccc(C4CC4)cc2)C3c2ccc(OCCNC/C=C/C(=O)N(C)C)cc2)cn1. The van der Waals surface area contributed by atoms with Gasteiger partial charge in [-0.15, -0.1) is 0 Å². The highest BCUT2D eigenvalue weighted by Gasteiger charge is 2.34. The van der Waals surface area contributed by atoms with Crippen molar-refractivity contribution in [2.45, 2.75) is 57.7 Å². The first-order valence-corrected chi connectivity index (χ1v) is 16.3. The number of rotatable bonds is 12. The van der Waals surface area contributed by atoms with E-state index in [1.165, 1.54) is 46.3 Å². The maximum absolute atomic E-state index is 11.7. The standard InChI is InChI=1S/C38H45N5O2/c1-5-42-26-33(25-40-42)31-14-19-36-32(24-31)23-27(2)43(34-15-10-29(11-16-34)28-8-9-28)38(36)30-12-17-35(18-13-30)45-22-21-39-20-6-7-37(44)41(3)4/h6-7,10-19,24-28,38-39H,5,8-9,20-23H2,1-4H3/b7-6+/t27-,38?/m1/s1. The molecule has 2 aliphatic rings. The Labute approximate surface area is 267 Å². The third-order valence-corrected chi connectivity index (χ3v) is 8.94. The Balaban J connectivity index is 1.21. The van der Waals surface area contributed by atoms with Crippen molar-refractivity contribution in [2.24, 2.45) is 0 Å². The molecular weight excluding hydrogens is 558 g/mol. The zero-order valence-corrected chi connectivity index (χ0v) is 26.9. The summed E-state index contributed by atoms with van der Waals surface area (Å²) < 4.78 is 8.04. The number of carbonyl (C=O) groups excluding carboxylic acids is 1. The second-order valence-corrected chi connectivity index (χ2v) is 12.5. The van der Waals surface area contributed by atoms with Crippen LogP contribution in [-0.4, -0.2) is 60.4 Å². The Morgan fingerprint density at radius 2 is 1.78 bits per heavy atom. The van der Waals surface area contributed by atoms with Gasteiger partial charge >= 0.3 is 0 Å². The molecular formula is C38H45N5O2. The maximum Gasteiger partial charge on any atom is 0.245 e. The molecule has 2 heterocycles. The minimum absolute atomic E-state index is 0.0126. The molecule has 234 valence electrons. The summed E-state index contributed by atoms with van der Waals surface area (Å²) in [5.41, 5.74) is 9.12. The summed E-state index contributed by atoms with van der Waals surface area (Å²) >= 11 is 0. The molecule has 1 aliphatic heterocycles. The lowest BCUT2D eigenvalue weighted by atomic mass is 9.83. The minimum atomic E-state index is -0.0126. The number of fused-ring (bicyclic) bond motifs is 1. The predicted molar refractivity (Wildman–Crippen MR) is 182 cm³/mol. The van der Waals surface area contributed by atoms with Gasteiger partial charge in [-0.3, -0.25) is 9.48 Å². The van der Waals surface area contributed by atoms with Crippen LogP contribution < -0.4 is 15.0 Å². The van der Waals surface area contributed by atoms with E-state index < -0.39 is 0 Å². The summed E-state index contributed by atoms with van der Waals surface area (Å²) in [5.74, 6) is 1.59. The van der Waals surface area contributed by atoms with Gasteiger partial charge in [0.1, 0.15) is 12.4 Å². The fourth-order valence-electron chi connectivity index (χ4n) is 6.30. The van der Waals surface area contributed by atoms with E-state index in [9.17, 15) is 4.79 Å². The molecule has 1 amide bonds. The quantitative estimate of drug-likeness (QED) is 0.146. The van der Waals surface area contributed by atoms with E-state index in [1.54, 1.807) is 25.1 Å². The zero-order chi connectivity index (χ0) is 31.3. The first kappa shape index (κ1) is 30.7. The third-order valence-electron chi connectivity index (χ3n) is 8.94. The molecule has 1 fully saturated rings. The number of nitrogens with zero attached hydrogens (tertiary/aromatic N) is 4. The normalized spacial score (nSPS) is 17.8. The van der Waals surface area contributed by atoms with E-state index in [-0.39, 0.29) is 11.9 Å². The average molecular weight is 604 g/mol. The van der Waals surface area contributed by atoms with Gasteiger partial charge in [-0.05, 0) is 91.1 Å². The van der Waals surface area contributed by atoms with Gasteiger partial charge in [0.25, 0.3) is 0 Å². The van der Waals surface area contributed by atoms with Crippen LogP contribution in [0.5, 0.6) is 5.75 Å². The van der Waals surface area contributed by atoms with E-state index in [0.717, 1.165) is 30.2 Å². The monoisotopic (exact) mass is 603 g/mol. The molecule has 2 atom stereocenters. The number of likely N-dealkylation sites (N-methyl/N-ethyl adjacent to an activating group) is 1. The molecule has 7 heteroatoms. The van der Waals surface area contributed by atoms with E-state index in [1.807, 2.05) is 17.0 Å². The number of aryl methyl sites for hydroxylation is 1. The molecule has 0 bridgehead atoms. The van der Waals surface area contributed by atoms with Gasteiger partial charge in [0.05, 0.1) is 12.2 Å². The van der Waals surface area contributed by atoms with Gasteiger partial charge in [-0.2, -0.15) is 5.10 Å². The van der Waals surface area contributed by atoms with Gasteiger partial charge in [-0.1, -0.05) is 48.5 Å². The van der Waals surface area contributed by atoms with Crippen LogP contribution in [-0.2, 0) is 17.8 Å². The first-order valence-electron chi connectivity index (χ1n) is 16.3. The summed E-state index contributed by atoms with van der Waals surface area (Å²) in [4.78, 5) is 15.8. The van der Waals surface area contributed by atoms with Crippen LogP contribution in [0, 0.1) is 0 Å². The first-order chi connectivity index (χ1) is 21.9. The van der Waals surface area contributed by atoms with Crippen LogP contribution in [0.3, 0.4) is 0 Å². The Bertz CT molecular complexity index is 1620.